The van der Waals surface area contributed by atoms with Gasteiger partial charge in [0.1, 0.15) is 11.3 Å². The number of benzene rings is 2. The van der Waals surface area contributed by atoms with Gasteiger partial charge in [0.25, 0.3) is 5.91 Å². The molecule has 5 nitrogen and oxygen atoms in total. The number of nitrogens with zero attached hydrogens (tertiary/aromatic N) is 1. The highest BCUT2D eigenvalue weighted by Gasteiger charge is 2.25. The number of rotatable bonds is 4. The minimum absolute atomic E-state index is 0.0452. The molecular weight excluding hydrogens is 388 g/mol. The lowest BCUT2D eigenvalue weighted by Gasteiger charge is -2.20. The highest BCUT2D eigenvalue weighted by molar-refractivity contribution is 6.08. The molecule has 156 valence electrons. The SMILES string of the molecule is Cc1ccc(-n2c(C)cc(=O)c(C(=O)Nc3c(C)cccc3C)c2-c2ccco2)cc1. The summed E-state index contributed by atoms with van der Waals surface area (Å²) in [5.41, 5.74) is 5.37. The van der Waals surface area contributed by atoms with Crippen molar-refractivity contribution >= 4 is 11.6 Å². The Balaban J connectivity index is 1.96. The van der Waals surface area contributed by atoms with Crippen LogP contribution in [0.25, 0.3) is 17.1 Å². The van der Waals surface area contributed by atoms with Crippen molar-refractivity contribution in [2.45, 2.75) is 27.7 Å². The van der Waals surface area contributed by atoms with Gasteiger partial charge in [-0.05, 0) is 63.1 Å². The van der Waals surface area contributed by atoms with E-state index in [-0.39, 0.29) is 11.0 Å². The van der Waals surface area contributed by atoms with Crippen molar-refractivity contribution in [1.82, 2.24) is 4.57 Å². The van der Waals surface area contributed by atoms with Gasteiger partial charge in [-0.2, -0.15) is 0 Å². The highest BCUT2D eigenvalue weighted by atomic mass is 16.3. The molecule has 2 aromatic carbocycles. The minimum Gasteiger partial charge on any atom is -0.463 e. The topological polar surface area (TPSA) is 64.2 Å². The standard InChI is InChI=1S/C26H24N2O3/c1-16-10-12-20(13-11-16)28-19(4)15-21(29)23(25(28)22-9-6-14-31-22)26(30)27-24-17(2)7-5-8-18(24)3/h5-15H,1-4H3,(H,27,30). The first kappa shape index (κ1) is 20.4. The minimum atomic E-state index is -0.463. The lowest BCUT2D eigenvalue weighted by Crippen LogP contribution is -2.26. The van der Waals surface area contributed by atoms with Crippen LogP contribution in [0.5, 0.6) is 0 Å². The lowest BCUT2D eigenvalue weighted by atomic mass is 10.1. The van der Waals surface area contributed by atoms with Crippen LogP contribution in [0, 0.1) is 27.7 Å². The number of carbonyl (C=O) groups excluding carboxylic acids is 1. The molecule has 2 aromatic heterocycles. The normalized spacial score (nSPS) is 10.8. The lowest BCUT2D eigenvalue weighted by molar-refractivity contribution is 0.102. The van der Waals surface area contributed by atoms with Crippen molar-refractivity contribution in [3.63, 3.8) is 0 Å². The number of hydrogen-bond donors (Lipinski definition) is 1. The van der Waals surface area contributed by atoms with Crippen LogP contribution in [0.15, 0.2) is 76.1 Å². The van der Waals surface area contributed by atoms with Gasteiger partial charge in [-0.15, -0.1) is 0 Å². The maximum absolute atomic E-state index is 13.4. The number of carbonyl (C=O) groups is 1. The molecule has 0 fully saturated rings. The summed E-state index contributed by atoms with van der Waals surface area (Å²) < 4.78 is 7.55. The molecule has 0 saturated carbocycles. The Hall–Kier alpha value is -3.86. The zero-order chi connectivity index (χ0) is 22.1. The number of hydrogen-bond acceptors (Lipinski definition) is 3. The van der Waals surface area contributed by atoms with Crippen LogP contribution >= 0.6 is 0 Å². The van der Waals surface area contributed by atoms with E-state index < -0.39 is 5.91 Å². The largest absolute Gasteiger partial charge is 0.463 e. The molecule has 0 radical (unpaired) electrons. The average molecular weight is 412 g/mol. The Morgan fingerprint density at radius 1 is 0.903 bits per heavy atom. The fraction of sp³-hybridized carbons (Fsp3) is 0.154. The molecule has 1 amide bonds. The van der Waals surface area contributed by atoms with Gasteiger partial charge in [-0.3, -0.25) is 9.59 Å². The first-order valence-electron chi connectivity index (χ1n) is 10.1. The third kappa shape index (κ3) is 3.82. The number of para-hydroxylation sites is 1. The number of furan rings is 1. The maximum atomic E-state index is 13.4. The molecule has 0 atom stereocenters. The van der Waals surface area contributed by atoms with Gasteiger partial charge < -0.3 is 14.3 Å². The molecule has 0 aliphatic carbocycles. The van der Waals surface area contributed by atoms with Crippen LogP contribution in [0.1, 0.15) is 32.7 Å². The van der Waals surface area contributed by atoms with E-state index in [0.717, 1.165) is 22.4 Å². The second-order valence-electron chi connectivity index (χ2n) is 7.74. The molecule has 0 saturated heterocycles. The van der Waals surface area contributed by atoms with E-state index >= 15 is 0 Å². The Morgan fingerprint density at radius 3 is 2.19 bits per heavy atom. The summed E-state index contributed by atoms with van der Waals surface area (Å²) in [5.74, 6) is -0.0114. The number of aryl methyl sites for hydroxylation is 4. The summed E-state index contributed by atoms with van der Waals surface area (Å²) in [7, 11) is 0. The van der Waals surface area contributed by atoms with E-state index in [0.29, 0.717) is 22.8 Å². The van der Waals surface area contributed by atoms with Crippen LogP contribution in [0.2, 0.25) is 0 Å². The average Bonchev–Trinajstić information content (AvgIpc) is 3.26. The molecule has 31 heavy (non-hydrogen) atoms. The molecule has 0 bridgehead atoms. The van der Waals surface area contributed by atoms with Crippen LogP contribution in [-0.4, -0.2) is 10.5 Å². The van der Waals surface area contributed by atoms with Crippen molar-refractivity contribution in [3.05, 3.63) is 105 Å². The molecule has 0 aliphatic rings. The molecule has 0 spiro atoms. The van der Waals surface area contributed by atoms with Crippen molar-refractivity contribution in [2.24, 2.45) is 0 Å². The molecule has 4 rings (SSSR count). The van der Waals surface area contributed by atoms with Gasteiger partial charge in [0.2, 0.25) is 0 Å². The summed E-state index contributed by atoms with van der Waals surface area (Å²) in [6, 6.07) is 18.7. The van der Waals surface area contributed by atoms with Gasteiger partial charge in [-0.1, -0.05) is 35.9 Å². The van der Waals surface area contributed by atoms with E-state index in [2.05, 4.69) is 5.32 Å². The number of anilines is 1. The zero-order valence-electron chi connectivity index (χ0n) is 18.0. The molecule has 1 N–H and O–H groups in total. The predicted molar refractivity (Wildman–Crippen MR) is 123 cm³/mol. The van der Waals surface area contributed by atoms with Crippen molar-refractivity contribution < 1.29 is 9.21 Å². The van der Waals surface area contributed by atoms with E-state index in [9.17, 15) is 9.59 Å². The van der Waals surface area contributed by atoms with Crippen molar-refractivity contribution in [3.8, 4) is 17.1 Å². The molecular formula is C26H24N2O3. The Morgan fingerprint density at radius 2 is 1.58 bits per heavy atom. The second kappa shape index (κ2) is 8.11. The first-order valence-corrected chi connectivity index (χ1v) is 10.1. The van der Waals surface area contributed by atoms with Gasteiger partial charge in [0.05, 0.1) is 6.26 Å². The number of nitrogens with one attached hydrogen (secondary N) is 1. The number of pyridine rings is 1. The van der Waals surface area contributed by atoms with Gasteiger partial charge in [-0.25, -0.2) is 0 Å². The fourth-order valence-electron chi connectivity index (χ4n) is 3.81. The van der Waals surface area contributed by atoms with Crippen LogP contribution < -0.4 is 10.7 Å². The van der Waals surface area contributed by atoms with Crippen LogP contribution in [-0.2, 0) is 0 Å². The zero-order valence-corrected chi connectivity index (χ0v) is 18.0. The van der Waals surface area contributed by atoms with Crippen LogP contribution in [0.4, 0.5) is 5.69 Å². The second-order valence-corrected chi connectivity index (χ2v) is 7.74. The first-order chi connectivity index (χ1) is 14.9. The number of amides is 1. The molecule has 5 heteroatoms. The third-order valence-electron chi connectivity index (χ3n) is 5.39. The van der Waals surface area contributed by atoms with E-state index in [1.54, 1.807) is 12.1 Å². The monoisotopic (exact) mass is 412 g/mol. The Bertz CT molecular complexity index is 1290. The van der Waals surface area contributed by atoms with E-state index in [1.165, 1.54) is 12.3 Å². The van der Waals surface area contributed by atoms with E-state index in [1.807, 2.05) is 74.7 Å². The van der Waals surface area contributed by atoms with Crippen molar-refractivity contribution in [1.29, 1.82) is 0 Å². The van der Waals surface area contributed by atoms with Gasteiger partial charge in [0, 0.05) is 23.1 Å². The summed E-state index contributed by atoms with van der Waals surface area (Å²) in [5, 5.41) is 2.95. The third-order valence-corrected chi connectivity index (χ3v) is 5.39. The quantitative estimate of drug-likeness (QED) is 0.476. The summed E-state index contributed by atoms with van der Waals surface area (Å²) in [6.45, 7) is 7.71. The Labute approximate surface area is 181 Å². The molecule has 0 unspecified atom stereocenters. The van der Waals surface area contributed by atoms with Gasteiger partial charge in [0.15, 0.2) is 11.2 Å². The predicted octanol–water partition coefficient (Wildman–Crippen LogP) is 5.58. The summed E-state index contributed by atoms with van der Waals surface area (Å²) in [6.07, 6.45) is 1.54. The molecule has 4 aromatic rings. The molecule has 0 aliphatic heterocycles. The summed E-state index contributed by atoms with van der Waals surface area (Å²) >= 11 is 0. The van der Waals surface area contributed by atoms with Crippen LogP contribution in [0.3, 0.4) is 0 Å². The number of aromatic nitrogens is 1. The smallest absolute Gasteiger partial charge is 0.261 e. The fourth-order valence-corrected chi connectivity index (χ4v) is 3.81. The van der Waals surface area contributed by atoms with Crippen molar-refractivity contribution in [2.75, 3.05) is 5.32 Å². The maximum Gasteiger partial charge on any atom is 0.261 e. The van der Waals surface area contributed by atoms with Gasteiger partial charge >= 0.3 is 0 Å². The van der Waals surface area contributed by atoms with E-state index in [4.69, 9.17) is 4.42 Å². The molecule has 2 heterocycles. The Kier molecular flexibility index (Phi) is 5.34. The highest BCUT2D eigenvalue weighted by Crippen LogP contribution is 2.29. The summed E-state index contributed by atoms with van der Waals surface area (Å²) in [4.78, 5) is 26.5.